The summed E-state index contributed by atoms with van der Waals surface area (Å²) in [5.74, 6) is -4.05. The minimum atomic E-state index is -1.93. The van der Waals surface area contributed by atoms with Gasteiger partial charge in [0.25, 0.3) is 11.2 Å². The number of anilines is 1. The second kappa shape index (κ2) is 6.57. The van der Waals surface area contributed by atoms with Crippen molar-refractivity contribution in [1.82, 2.24) is 0 Å². The molecule has 1 saturated heterocycles. The Morgan fingerprint density at radius 2 is 1.44 bits per heavy atom. The third-order valence-corrected chi connectivity index (χ3v) is 7.51. The zero-order valence-corrected chi connectivity index (χ0v) is 17.9. The Hall–Kier alpha value is -4.40. The fourth-order valence-corrected chi connectivity index (χ4v) is 6.23. The summed E-state index contributed by atoms with van der Waals surface area (Å²) in [5, 5.41) is 24.3. The average Bonchev–Trinajstić information content (AvgIpc) is 3.10. The van der Waals surface area contributed by atoms with E-state index < -0.39 is 45.0 Å². The lowest BCUT2D eigenvalue weighted by molar-refractivity contribution is -0.578. The molecule has 2 amide bonds. The van der Waals surface area contributed by atoms with Crippen molar-refractivity contribution in [1.29, 1.82) is 0 Å². The number of carbonyl (C=O) groups excluding carboxylic acids is 2. The summed E-state index contributed by atoms with van der Waals surface area (Å²) < 4.78 is 0. The molecule has 3 aromatic rings. The highest BCUT2D eigenvalue weighted by atomic mass is 16.6. The number of amides is 2. The Morgan fingerprint density at radius 3 is 2.00 bits per heavy atom. The molecule has 0 unspecified atom stereocenters. The van der Waals surface area contributed by atoms with E-state index in [9.17, 15) is 29.8 Å². The van der Waals surface area contributed by atoms with Crippen molar-refractivity contribution in [2.75, 3.05) is 4.90 Å². The molecule has 0 saturated carbocycles. The molecule has 0 spiro atoms. The fourth-order valence-electron chi connectivity index (χ4n) is 6.23. The van der Waals surface area contributed by atoms with Crippen molar-refractivity contribution in [3.63, 3.8) is 0 Å². The molecule has 2 bridgehead atoms. The van der Waals surface area contributed by atoms with E-state index in [1.54, 1.807) is 55.5 Å². The van der Waals surface area contributed by atoms with Crippen LogP contribution in [0.25, 0.3) is 0 Å². The van der Waals surface area contributed by atoms with Gasteiger partial charge in [0.2, 0.25) is 11.8 Å². The van der Waals surface area contributed by atoms with Gasteiger partial charge in [-0.3, -0.25) is 29.8 Å². The Bertz CT molecular complexity index is 1420. The van der Waals surface area contributed by atoms with Gasteiger partial charge in [0.1, 0.15) is 5.92 Å². The summed E-state index contributed by atoms with van der Waals surface area (Å²) in [6, 6.07) is 17.8. The predicted octanol–water partition coefficient (Wildman–Crippen LogP) is 3.69. The lowest BCUT2D eigenvalue weighted by Gasteiger charge is -2.48. The summed E-state index contributed by atoms with van der Waals surface area (Å²) in [6.45, 7) is 1.64. The molecule has 34 heavy (non-hydrogen) atoms. The third kappa shape index (κ3) is 2.18. The van der Waals surface area contributed by atoms with Crippen LogP contribution in [-0.4, -0.2) is 21.7 Å². The molecule has 4 aliphatic rings. The van der Waals surface area contributed by atoms with Gasteiger partial charge < -0.3 is 0 Å². The van der Waals surface area contributed by atoms with E-state index in [1.165, 1.54) is 18.2 Å². The van der Waals surface area contributed by atoms with E-state index >= 15 is 0 Å². The van der Waals surface area contributed by atoms with Crippen molar-refractivity contribution in [2.24, 2.45) is 11.8 Å². The third-order valence-electron chi connectivity index (χ3n) is 7.51. The second-order valence-electron chi connectivity index (χ2n) is 8.92. The molecule has 3 aromatic carbocycles. The number of carbonyl (C=O) groups is 2. The molecule has 9 heteroatoms. The van der Waals surface area contributed by atoms with Gasteiger partial charge in [-0.2, -0.15) is 0 Å². The van der Waals surface area contributed by atoms with E-state index in [2.05, 4.69) is 0 Å². The van der Waals surface area contributed by atoms with Crippen LogP contribution in [0.5, 0.6) is 0 Å². The Kier molecular flexibility index (Phi) is 3.91. The lowest BCUT2D eigenvalue weighted by atomic mass is 9.51. The molecule has 168 valence electrons. The monoisotopic (exact) mass is 455 g/mol. The molecule has 1 aliphatic heterocycles. The summed E-state index contributed by atoms with van der Waals surface area (Å²) >= 11 is 0. The SMILES string of the molecule is Cc1ccc([N+](=O)[O-])cc1N1C(=O)[C@@H]2[C@@H](C1=O)C1c3ccccc3C2([N+](=O)[O-])c2ccccc21. The summed E-state index contributed by atoms with van der Waals surface area (Å²) in [6.07, 6.45) is 0. The first-order valence-corrected chi connectivity index (χ1v) is 10.8. The topological polar surface area (TPSA) is 124 Å². The molecule has 1 fully saturated rings. The molecule has 0 radical (unpaired) electrons. The van der Waals surface area contributed by atoms with E-state index in [1.807, 2.05) is 0 Å². The van der Waals surface area contributed by atoms with Gasteiger partial charge in [0, 0.05) is 34.1 Å². The minimum absolute atomic E-state index is 0.0876. The number of rotatable bonds is 3. The van der Waals surface area contributed by atoms with Crippen LogP contribution >= 0.6 is 0 Å². The highest BCUT2D eigenvalue weighted by Gasteiger charge is 2.74. The van der Waals surface area contributed by atoms with Crippen LogP contribution in [0.1, 0.15) is 33.7 Å². The molecule has 0 N–H and O–H groups in total. The molecule has 9 nitrogen and oxygen atoms in total. The predicted molar refractivity (Wildman–Crippen MR) is 120 cm³/mol. The van der Waals surface area contributed by atoms with Crippen LogP contribution in [-0.2, 0) is 15.1 Å². The van der Waals surface area contributed by atoms with Crippen LogP contribution in [0.3, 0.4) is 0 Å². The first-order chi connectivity index (χ1) is 16.3. The van der Waals surface area contributed by atoms with Crippen LogP contribution in [0.4, 0.5) is 11.4 Å². The Balaban J connectivity index is 1.65. The number of imide groups is 1. The highest BCUT2D eigenvalue weighted by molar-refractivity contribution is 6.24. The van der Waals surface area contributed by atoms with E-state index in [-0.39, 0.29) is 11.4 Å². The molecule has 2 atom stereocenters. The number of nitro benzene ring substituents is 1. The molecule has 1 heterocycles. The summed E-state index contributed by atoms with van der Waals surface area (Å²) in [7, 11) is 0. The summed E-state index contributed by atoms with van der Waals surface area (Å²) in [4.78, 5) is 52.0. The van der Waals surface area contributed by atoms with Crippen LogP contribution in [0.2, 0.25) is 0 Å². The molecule has 7 rings (SSSR count). The van der Waals surface area contributed by atoms with Crippen molar-refractivity contribution in [3.05, 3.63) is 115 Å². The molecular formula is C25H17N3O6. The standard InChI is InChI=1S/C25H17N3O6/c1-13-10-11-14(27(31)32)12-19(13)26-23(29)21-20-15-6-2-4-8-17(15)25(28(33)34,22(21)24(26)30)18-9-5-3-7-16(18)20/h2-12,20-22H,1H3/t20?,21-,22-,25?/m0/s1. The fraction of sp³-hybridized carbons (Fsp3) is 0.200. The summed E-state index contributed by atoms with van der Waals surface area (Å²) in [5.41, 5.74) is 0.550. The van der Waals surface area contributed by atoms with Gasteiger partial charge in [0.15, 0.2) is 0 Å². The lowest BCUT2D eigenvalue weighted by Crippen LogP contribution is -2.57. The van der Waals surface area contributed by atoms with Crippen LogP contribution < -0.4 is 4.90 Å². The van der Waals surface area contributed by atoms with Crippen LogP contribution in [0, 0.1) is 39.0 Å². The largest absolute Gasteiger partial charge is 0.285 e. The number of aryl methyl sites for hydroxylation is 1. The molecular weight excluding hydrogens is 438 g/mol. The zero-order chi connectivity index (χ0) is 23.9. The molecule has 3 aliphatic carbocycles. The van der Waals surface area contributed by atoms with Gasteiger partial charge in [-0.05, 0) is 23.6 Å². The van der Waals surface area contributed by atoms with E-state index in [0.717, 1.165) is 4.90 Å². The molecule has 0 aromatic heterocycles. The van der Waals surface area contributed by atoms with Gasteiger partial charge >= 0.3 is 0 Å². The van der Waals surface area contributed by atoms with Crippen molar-refractivity contribution >= 4 is 23.2 Å². The van der Waals surface area contributed by atoms with Crippen molar-refractivity contribution < 1.29 is 19.4 Å². The second-order valence-corrected chi connectivity index (χ2v) is 8.92. The number of hydrogen-bond acceptors (Lipinski definition) is 6. The number of hydrogen-bond donors (Lipinski definition) is 0. The number of non-ortho nitro benzene ring substituents is 1. The van der Waals surface area contributed by atoms with E-state index in [4.69, 9.17) is 0 Å². The van der Waals surface area contributed by atoms with Gasteiger partial charge in [-0.15, -0.1) is 0 Å². The number of benzene rings is 3. The van der Waals surface area contributed by atoms with Crippen molar-refractivity contribution in [3.8, 4) is 0 Å². The quantitative estimate of drug-likeness (QED) is 0.337. The minimum Gasteiger partial charge on any atom is -0.274 e. The van der Waals surface area contributed by atoms with Gasteiger partial charge in [0.05, 0.1) is 16.5 Å². The maximum Gasteiger partial charge on any atom is 0.285 e. The van der Waals surface area contributed by atoms with Crippen LogP contribution in [0.15, 0.2) is 66.7 Å². The van der Waals surface area contributed by atoms with Gasteiger partial charge in [-0.25, -0.2) is 4.90 Å². The zero-order valence-electron chi connectivity index (χ0n) is 17.9. The Morgan fingerprint density at radius 1 is 0.853 bits per heavy atom. The smallest absolute Gasteiger partial charge is 0.274 e. The van der Waals surface area contributed by atoms with E-state index in [0.29, 0.717) is 27.8 Å². The highest BCUT2D eigenvalue weighted by Crippen LogP contribution is 2.64. The Labute approximate surface area is 192 Å². The number of nitro groups is 2. The number of nitrogens with zero attached hydrogens (tertiary/aromatic N) is 3. The average molecular weight is 455 g/mol. The normalized spacial score (nSPS) is 26.1. The maximum atomic E-state index is 13.9. The first kappa shape index (κ1) is 20.2. The maximum absolute atomic E-state index is 13.9. The first-order valence-electron chi connectivity index (χ1n) is 10.8. The van der Waals surface area contributed by atoms with Crippen molar-refractivity contribution in [2.45, 2.75) is 18.4 Å². The van der Waals surface area contributed by atoms with Gasteiger partial charge in [-0.1, -0.05) is 54.6 Å².